The Morgan fingerprint density at radius 2 is 1.28 bits per heavy atom. The van der Waals surface area contributed by atoms with Gasteiger partial charge >= 0.3 is 11.9 Å². The smallest absolute Gasteiger partial charge is 0.330 e. The van der Waals surface area contributed by atoms with Crippen LogP contribution >= 0.6 is 0 Å². The summed E-state index contributed by atoms with van der Waals surface area (Å²) in [6.45, 7) is 7.19. The number of ether oxygens (including phenoxy) is 4. The molecule has 0 radical (unpaired) electrons. The molecular weight excluding hydrogens is 499 g/mol. The largest absolute Gasteiger partial charge is 0.490 e. The third kappa shape index (κ3) is 9.60. The normalized spacial score (nSPS) is 9.56. The first-order valence-electron chi connectivity index (χ1n) is 11.8. The van der Waals surface area contributed by atoms with E-state index < -0.39 is 17.8 Å². The molecule has 0 saturated heterocycles. The van der Waals surface area contributed by atoms with Crippen molar-refractivity contribution in [1.82, 2.24) is 0 Å². The highest BCUT2D eigenvalue weighted by molar-refractivity contribution is 5.81. The maximum Gasteiger partial charge on any atom is 0.330 e. The van der Waals surface area contributed by atoms with Crippen molar-refractivity contribution in [3.05, 3.63) is 120 Å². The Balaban J connectivity index is 1.59. The molecule has 3 rings (SSSR count). The Hall–Kier alpha value is -5.27. The minimum Gasteiger partial charge on any atom is -0.490 e. The first-order valence-corrected chi connectivity index (χ1v) is 11.8. The minimum atomic E-state index is -0.528. The molecule has 0 aliphatic rings. The van der Waals surface area contributed by atoms with Gasteiger partial charge in [-0.25, -0.2) is 14.0 Å². The van der Waals surface area contributed by atoms with Gasteiger partial charge in [-0.1, -0.05) is 49.0 Å². The molecule has 3 aromatic rings. The topological polar surface area (TPSA) is 71.1 Å². The molecule has 0 saturated carbocycles. The third-order valence-corrected chi connectivity index (χ3v) is 4.91. The Bertz CT molecular complexity index is 1450. The van der Waals surface area contributed by atoms with Crippen LogP contribution in [0.4, 0.5) is 4.39 Å². The number of carbonyl (C=O) groups is 2. The summed E-state index contributed by atoms with van der Waals surface area (Å²) in [7, 11) is 0. The molecule has 0 amide bonds. The van der Waals surface area contributed by atoms with E-state index >= 15 is 0 Å². The molecule has 0 spiro atoms. The van der Waals surface area contributed by atoms with Crippen LogP contribution in [0.5, 0.6) is 11.5 Å². The molecule has 6 nitrogen and oxygen atoms in total. The van der Waals surface area contributed by atoms with Crippen LogP contribution in [-0.4, -0.2) is 38.4 Å². The van der Waals surface area contributed by atoms with Crippen molar-refractivity contribution in [1.29, 1.82) is 0 Å². The number of benzene rings is 3. The molecule has 3 aromatic carbocycles. The highest BCUT2D eigenvalue weighted by Gasteiger charge is 2.04. The molecule has 0 fully saturated rings. The zero-order chi connectivity index (χ0) is 27.9. The quantitative estimate of drug-likeness (QED) is 0.164. The lowest BCUT2D eigenvalue weighted by Crippen LogP contribution is -2.10. The van der Waals surface area contributed by atoms with E-state index in [1.54, 1.807) is 60.7 Å². The van der Waals surface area contributed by atoms with Gasteiger partial charge in [0.2, 0.25) is 0 Å². The maximum atomic E-state index is 14.7. The summed E-state index contributed by atoms with van der Waals surface area (Å²) in [6.07, 6.45) is 2.17. The van der Waals surface area contributed by atoms with E-state index in [1.165, 1.54) is 6.07 Å². The summed E-state index contributed by atoms with van der Waals surface area (Å²) in [6, 6.07) is 18.7. The van der Waals surface area contributed by atoms with Gasteiger partial charge in [0.05, 0.1) is 11.1 Å². The third-order valence-electron chi connectivity index (χ3n) is 4.91. The van der Waals surface area contributed by atoms with Crippen LogP contribution in [0.25, 0.3) is 0 Å². The predicted molar refractivity (Wildman–Crippen MR) is 145 cm³/mol. The molecule has 39 heavy (non-hydrogen) atoms. The van der Waals surface area contributed by atoms with E-state index in [2.05, 4.69) is 36.8 Å². The fourth-order valence-electron chi connectivity index (χ4n) is 3.02. The summed E-state index contributed by atoms with van der Waals surface area (Å²) >= 11 is 0. The van der Waals surface area contributed by atoms with Gasteiger partial charge in [-0.2, -0.15) is 0 Å². The number of halogens is 1. The SMILES string of the molecule is C=CC(=O)OCCOc1ccc(C#Cc2ccc(C#Cc3ccccc3OCCOC(=O)C=C)c(F)c2)cc1. The van der Waals surface area contributed by atoms with Crippen LogP contribution in [0.15, 0.2) is 92.0 Å². The van der Waals surface area contributed by atoms with E-state index in [4.69, 9.17) is 18.9 Å². The standard InChI is InChI=1S/C32H25FO6/c1-3-31(34)38-21-19-36-28-17-12-24(13-18-28)9-10-25-11-14-26(29(33)23-25)15-16-27-7-5-6-8-30(27)37-20-22-39-32(35)4-2/h3-8,11-14,17-18,23H,1-2,19-22H2. The molecule has 7 heteroatoms. The first kappa shape index (κ1) is 28.3. The molecule has 0 bridgehead atoms. The zero-order valence-corrected chi connectivity index (χ0v) is 21.1. The molecule has 196 valence electrons. The van der Waals surface area contributed by atoms with Gasteiger partial charge in [0.1, 0.15) is 43.7 Å². The number of carbonyl (C=O) groups excluding carboxylic acids is 2. The van der Waals surface area contributed by atoms with Crippen molar-refractivity contribution in [3.63, 3.8) is 0 Å². The van der Waals surface area contributed by atoms with E-state index in [0.717, 1.165) is 17.7 Å². The summed E-state index contributed by atoms with van der Waals surface area (Å²) in [5.41, 5.74) is 2.01. The molecule has 0 N–H and O–H groups in total. The molecule has 0 unspecified atom stereocenters. The fourth-order valence-corrected chi connectivity index (χ4v) is 3.02. The van der Waals surface area contributed by atoms with Gasteiger partial charge in [0, 0.05) is 23.3 Å². The Labute approximate surface area is 226 Å². The summed E-state index contributed by atoms with van der Waals surface area (Å²) in [4.78, 5) is 22.1. The van der Waals surface area contributed by atoms with Crippen molar-refractivity contribution < 1.29 is 32.9 Å². The van der Waals surface area contributed by atoms with Crippen LogP contribution in [0.3, 0.4) is 0 Å². The Morgan fingerprint density at radius 1 is 0.692 bits per heavy atom. The number of para-hydroxylation sites is 1. The van der Waals surface area contributed by atoms with Crippen molar-refractivity contribution in [3.8, 4) is 35.2 Å². The molecular formula is C32H25FO6. The van der Waals surface area contributed by atoms with Gasteiger partial charge in [-0.15, -0.1) is 0 Å². The van der Waals surface area contributed by atoms with Gasteiger partial charge in [-0.3, -0.25) is 0 Å². The van der Waals surface area contributed by atoms with Crippen LogP contribution in [0, 0.1) is 29.5 Å². The second-order valence-electron chi connectivity index (χ2n) is 7.66. The molecule has 0 heterocycles. The fraction of sp³-hybridized carbons (Fsp3) is 0.125. The second kappa shape index (κ2) is 15.1. The van der Waals surface area contributed by atoms with E-state index in [1.807, 2.05) is 0 Å². The van der Waals surface area contributed by atoms with Crippen LogP contribution in [-0.2, 0) is 19.1 Å². The number of esters is 2. The average molecular weight is 525 g/mol. The summed E-state index contributed by atoms with van der Waals surface area (Å²) in [5, 5.41) is 0. The molecule has 0 aliphatic carbocycles. The van der Waals surface area contributed by atoms with Crippen molar-refractivity contribution in [2.24, 2.45) is 0 Å². The van der Waals surface area contributed by atoms with Gasteiger partial charge < -0.3 is 18.9 Å². The highest BCUT2D eigenvalue weighted by atomic mass is 19.1. The van der Waals surface area contributed by atoms with Crippen LogP contribution in [0.1, 0.15) is 22.3 Å². The van der Waals surface area contributed by atoms with Gasteiger partial charge in [0.25, 0.3) is 0 Å². The second-order valence-corrected chi connectivity index (χ2v) is 7.66. The minimum absolute atomic E-state index is 0.0662. The first-order chi connectivity index (χ1) is 19.0. The van der Waals surface area contributed by atoms with Crippen LogP contribution < -0.4 is 9.47 Å². The zero-order valence-electron chi connectivity index (χ0n) is 21.1. The number of hydrogen-bond donors (Lipinski definition) is 0. The van der Waals surface area contributed by atoms with E-state index in [9.17, 15) is 14.0 Å². The van der Waals surface area contributed by atoms with E-state index in [-0.39, 0.29) is 32.0 Å². The summed E-state index contributed by atoms with van der Waals surface area (Å²) in [5.74, 6) is 11.2. The van der Waals surface area contributed by atoms with Crippen molar-refractivity contribution in [2.45, 2.75) is 0 Å². The van der Waals surface area contributed by atoms with Crippen molar-refractivity contribution in [2.75, 3.05) is 26.4 Å². The molecule has 0 atom stereocenters. The molecule has 0 aliphatic heterocycles. The maximum absolute atomic E-state index is 14.7. The molecule has 0 aromatic heterocycles. The lowest BCUT2D eigenvalue weighted by molar-refractivity contribution is -0.139. The lowest BCUT2D eigenvalue weighted by Gasteiger charge is -2.08. The van der Waals surface area contributed by atoms with E-state index in [0.29, 0.717) is 22.6 Å². The monoisotopic (exact) mass is 524 g/mol. The highest BCUT2D eigenvalue weighted by Crippen LogP contribution is 2.17. The number of rotatable bonds is 10. The Kier molecular flexibility index (Phi) is 11.0. The van der Waals surface area contributed by atoms with Crippen LogP contribution in [0.2, 0.25) is 0 Å². The van der Waals surface area contributed by atoms with Gasteiger partial charge in [0.15, 0.2) is 0 Å². The summed E-state index contributed by atoms with van der Waals surface area (Å²) < 4.78 is 35.6. The Morgan fingerprint density at radius 3 is 1.95 bits per heavy atom. The van der Waals surface area contributed by atoms with Crippen molar-refractivity contribution >= 4 is 11.9 Å². The predicted octanol–water partition coefficient (Wildman–Crippen LogP) is 4.84. The lowest BCUT2D eigenvalue weighted by atomic mass is 10.1. The average Bonchev–Trinajstić information content (AvgIpc) is 2.96. The number of hydrogen-bond acceptors (Lipinski definition) is 6. The van der Waals surface area contributed by atoms with Gasteiger partial charge in [-0.05, 0) is 54.6 Å².